The highest BCUT2D eigenvalue weighted by Crippen LogP contribution is 2.26. The van der Waals surface area contributed by atoms with Crippen molar-refractivity contribution < 1.29 is 14.3 Å². The highest BCUT2D eigenvalue weighted by atomic mass is 16.5. The quantitative estimate of drug-likeness (QED) is 0.858. The van der Waals surface area contributed by atoms with Gasteiger partial charge in [0.05, 0.1) is 18.7 Å². The fourth-order valence-corrected chi connectivity index (χ4v) is 3.20. The van der Waals surface area contributed by atoms with E-state index in [4.69, 9.17) is 4.74 Å². The lowest BCUT2D eigenvalue weighted by atomic mass is 9.86. The van der Waals surface area contributed by atoms with Crippen LogP contribution in [-0.4, -0.2) is 36.3 Å². The average molecular weight is 287 g/mol. The van der Waals surface area contributed by atoms with E-state index in [0.29, 0.717) is 24.5 Å². The van der Waals surface area contributed by atoms with E-state index in [2.05, 4.69) is 0 Å². The van der Waals surface area contributed by atoms with Gasteiger partial charge in [-0.15, -0.1) is 0 Å². The molecule has 0 bridgehead atoms. The Kier molecular flexibility index (Phi) is 4.23. The minimum absolute atomic E-state index is 0.0905. The Hall–Kier alpha value is -1.84. The number of hydrogen-bond donors (Lipinski definition) is 0. The predicted octanol–water partition coefficient (Wildman–Crippen LogP) is 2.67. The van der Waals surface area contributed by atoms with Crippen LogP contribution in [-0.2, 0) is 4.79 Å². The van der Waals surface area contributed by atoms with Crippen LogP contribution in [0.2, 0.25) is 0 Å². The normalized spacial score (nSPS) is 19.6. The second-order valence-corrected chi connectivity index (χ2v) is 5.87. The van der Waals surface area contributed by atoms with E-state index in [9.17, 15) is 9.59 Å². The number of nitrogens with zero attached hydrogens (tertiary/aromatic N) is 1. The van der Waals surface area contributed by atoms with Crippen molar-refractivity contribution >= 4 is 11.7 Å². The molecule has 1 heterocycles. The molecule has 1 amide bonds. The largest absolute Gasteiger partial charge is 0.491 e. The monoisotopic (exact) mass is 287 g/mol. The minimum Gasteiger partial charge on any atom is -0.491 e. The summed E-state index contributed by atoms with van der Waals surface area (Å²) in [5.41, 5.74) is 0.562. The molecule has 1 aliphatic carbocycles. The smallest absolute Gasteiger partial charge is 0.258 e. The summed E-state index contributed by atoms with van der Waals surface area (Å²) in [6.45, 7) is 1.15. The van der Waals surface area contributed by atoms with Gasteiger partial charge in [0.25, 0.3) is 5.91 Å². The van der Waals surface area contributed by atoms with Crippen LogP contribution in [0.4, 0.5) is 0 Å². The van der Waals surface area contributed by atoms with Crippen molar-refractivity contribution in [1.29, 1.82) is 0 Å². The van der Waals surface area contributed by atoms with Gasteiger partial charge in [-0.1, -0.05) is 31.4 Å². The van der Waals surface area contributed by atoms with Gasteiger partial charge in [-0.05, 0) is 25.0 Å². The molecule has 21 heavy (non-hydrogen) atoms. The number of benzene rings is 1. The van der Waals surface area contributed by atoms with E-state index in [1.807, 2.05) is 12.1 Å². The average Bonchev–Trinajstić information content (AvgIpc) is 2.69. The fraction of sp³-hybridized carbons (Fsp3) is 0.529. The maximum absolute atomic E-state index is 12.5. The van der Waals surface area contributed by atoms with E-state index < -0.39 is 0 Å². The predicted molar refractivity (Wildman–Crippen MR) is 79.4 cm³/mol. The Bertz CT molecular complexity index is 535. The Balaban J connectivity index is 1.70. The Labute approximate surface area is 125 Å². The molecule has 0 N–H and O–H groups in total. The molecule has 1 aliphatic heterocycles. The van der Waals surface area contributed by atoms with Crippen LogP contribution in [0.1, 0.15) is 42.5 Å². The van der Waals surface area contributed by atoms with Gasteiger partial charge in [-0.25, -0.2) is 0 Å². The number of hydrogen-bond acceptors (Lipinski definition) is 3. The maximum Gasteiger partial charge on any atom is 0.258 e. The van der Waals surface area contributed by atoms with E-state index in [1.165, 1.54) is 6.42 Å². The standard InChI is InChI=1S/C17H21NO3/c19-15(13-6-2-1-3-7-13)12-18-10-11-21-16-9-5-4-8-14(16)17(18)20/h4-5,8-9,13H,1-3,6-7,10-12H2. The number of ether oxygens (including phenoxy) is 1. The van der Waals surface area contributed by atoms with Gasteiger partial charge in [0, 0.05) is 5.92 Å². The SMILES string of the molecule is O=C(CN1CCOc2ccccc2C1=O)C1CCCCC1. The number of ketones is 1. The number of rotatable bonds is 3. The van der Waals surface area contributed by atoms with Crippen LogP contribution < -0.4 is 4.74 Å². The number of carbonyl (C=O) groups excluding carboxylic acids is 2. The molecular weight excluding hydrogens is 266 g/mol. The van der Waals surface area contributed by atoms with Crippen molar-refractivity contribution in [1.82, 2.24) is 4.90 Å². The van der Waals surface area contributed by atoms with E-state index >= 15 is 0 Å². The van der Waals surface area contributed by atoms with Gasteiger partial charge in [0.1, 0.15) is 12.4 Å². The Morgan fingerprint density at radius 2 is 1.95 bits per heavy atom. The topological polar surface area (TPSA) is 46.6 Å². The van der Waals surface area contributed by atoms with Crippen molar-refractivity contribution in [3.63, 3.8) is 0 Å². The van der Waals surface area contributed by atoms with Crippen LogP contribution >= 0.6 is 0 Å². The lowest BCUT2D eigenvalue weighted by Crippen LogP contribution is -2.39. The summed E-state index contributed by atoms with van der Waals surface area (Å²) in [4.78, 5) is 26.6. The zero-order valence-corrected chi connectivity index (χ0v) is 12.2. The maximum atomic E-state index is 12.5. The highest BCUT2D eigenvalue weighted by molar-refractivity contribution is 5.99. The van der Waals surface area contributed by atoms with Gasteiger partial charge in [0.15, 0.2) is 5.78 Å². The summed E-state index contributed by atoms with van der Waals surface area (Å²) in [5.74, 6) is 0.885. The lowest BCUT2D eigenvalue weighted by Gasteiger charge is -2.25. The fourth-order valence-electron chi connectivity index (χ4n) is 3.20. The summed E-state index contributed by atoms with van der Waals surface area (Å²) < 4.78 is 5.60. The highest BCUT2D eigenvalue weighted by Gasteiger charge is 2.28. The zero-order chi connectivity index (χ0) is 14.7. The van der Waals surface area contributed by atoms with Gasteiger partial charge in [-0.2, -0.15) is 0 Å². The molecule has 0 spiro atoms. The Morgan fingerprint density at radius 1 is 1.19 bits per heavy atom. The number of para-hydroxylation sites is 1. The minimum atomic E-state index is -0.0905. The van der Waals surface area contributed by atoms with Gasteiger partial charge < -0.3 is 9.64 Å². The first-order valence-electron chi connectivity index (χ1n) is 7.79. The van der Waals surface area contributed by atoms with Crippen molar-refractivity contribution in [3.05, 3.63) is 29.8 Å². The van der Waals surface area contributed by atoms with Crippen molar-refractivity contribution in [2.75, 3.05) is 19.7 Å². The molecule has 0 atom stereocenters. The third-order valence-electron chi connectivity index (χ3n) is 4.43. The number of fused-ring (bicyclic) bond motifs is 1. The van der Waals surface area contributed by atoms with Crippen LogP contribution in [0.15, 0.2) is 24.3 Å². The molecule has 3 rings (SSSR count). The Morgan fingerprint density at radius 3 is 2.76 bits per heavy atom. The summed E-state index contributed by atoms with van der Waals surface area (Å²) in [7, 11) is 0. The first kappa shape index (κ1) is 14.1. The van der Waals surface area contributed by atoms with Crippen LogP contribution in [0.3, 0.4) is 0 Å². The molecule has 4 nitrogen and oxygen atoms in total. The van der Waals surface area contributed by atoms with Crippen molar-refractivity contribution in [2.45, 2.75) is 32.1 Å². The zero-order valence-electron chi connectivity index (χ0n) is 12.2. The molecule has 0 saturated heterocycles. The van der Waals surface area contributed by atoms with Gasteiger partial charge in [-0.3, -0.25) is 9.59 Å². The van der Waals surface area contributed by atoms with Crippen molar-refractivity contribution in [3.8, 4) is 5.75 Å². The van der Waals surface area contributed by atoms with Crippen molar-refractivity contribution in [2.24, 2.45) is 5.92 Å². The molecule has 0 unspecified atom stereocenters. The summed E-state index contributed by atoms with van der Waals surface area (Å²) in [6, 6.07) is 7.25. The molecule has 0 radical (unpaired) electrons. The molecule has 4 heteroatoms. The van der Waals surface area contributed by atoms with Crippen LogP contribution in [0, 0.1) is 5.92 Å². The molecule has 1 aromatic rings. The molecule has 1 fully saturated rings. The molecule has 1 saturated carbocycles. The van der Waals surface area contributed by atoms with E-state index in [1.54, 1.807) is 17.0 Å². The van der Waals surface area contributed by atoms with Crippen LogP contribution in [0.25, 0.3) is 0 Å². The first-order chi connectivity index (χ1) is 10.3. The number of amides is 1. The number of Topliss-reactive ketones (excluding diaryl/α,β-unsaturated/α-hetero) is 1. The summed E-state index contributed by atoms with van der Waals surface area (Å²) in [6.07, 6.45) is 5.46. The summed E-state index contributed by atoms with van der Waals surface area (Å²) in [5, 5.41) is 0. The van der Waals surface area contributed by atoms with Gasteiger partial charge >= 0.3 is 0 Å². The van der Waals surface area contributed by atoms with E-state index in [0.717, 1.165) is 25.7 Å². The van der Waals surface area contributed by atoms with Crippen LogP contribution in [0.5, 0.6) is 5.75 Å². The first-order valence-corrected chi connectivity index (χ1v) is 7.79. The van der Waals surface area contributed by atoms with Gasteiger partial charge in [0.2, 0.25) is 0 Å². The molecule has 1 aromatic carbocycles. The molecule has 0 aromatic heterocycles. The second kappa shape index (κ2) is 6.29. The summed E-state index contributed by atoms with van der Waals surface area (Å²) >= 11 is 0. The third-order valence-corrected chi connectivity index (χ3v) is 4.43. The molecule has 112 valence electrons. The second-order valence-electron chi connectivity index (χ2n) is 5.87. The lowest BCUT2D eigenvalue weighted by molar-refractivity contribution is -0.124. The third kappa shape index (κ3) is 3.09. The number of carbonyl (C=O) groups is 2. The van der Waals surface area contributed by atoms with E-state index in [-0.39, 0.29) is 24.2 Å². The molecular formula is C17H21NO3. The molecule has 2 aliphatic rings.